The second-order valence-corrected chi connectivity index (χ2v) is 6.95. The Hall–Kier alpha value is -2.78. The van der Waals surface area contributed by atoms with Gasteiger partial charge in [-0.2, -0.15) is 5.26 Å². The molecule has 1 amide bonds. The number of aryl methyl sites for hydroxylation is 1. The minimum absolute atomic E-state index is 0.00838. The van der Waals surface area contributed by atoms with Crippen molar-refractivity contribution in [2.75, 3.05) is 18.5 Å². The Morgan fingerprint density at radius 2 is 1.86 bits per heavy atom. The van der Waals surface area contributed by atoms with E-state index in [4.69, 9.17) is 9.47 Å². The summed E-state index contributed by atoms with van der Waals surface area (Å²) in [6.45, 7) is 6.93. The van der Waals surface area contributed by atoms with Crippen LogP contribution in [-0.2, 0) is 4.79 Å². The Kier molecular flexibility index (Phi) is 8.09. The van der Waals surface area contributed by atoms with Crippen LogP contribution in [0.25, 0.3) is 6.08 Å². The van der Waals surface area contributed by atoms with Crippen LogP contribution < -0.4 is 14.8 Å². The summed E-state index contributed by atoms with van der Waals surface area (Å²) in [5, 5.41) is 12.2. The monoisotopic (exact) mass is 442 g/mol. The van der Waals surface area contributed by atoms with Crippen LogP contribution in [0.15, 0.2) is 46.4 Å². The Morgan fingerprint density at radius 3 is 2.46 bits per heavy atom. The normalized spacial score (nSPS) is 10.9. The van der Waals surface area contributed by atoms with E-state index >= 15 is 0 Å². The van der Waals surface area contributed by atoms with Crippen molar-refractivity contribution in [1.29, 1.82) is 5.26 Å². The number of rotatable bonds is 8. The van der Waals surface area contributed by atoms with E-state index in [9.17, 15) is 10.1 Å². The second kappa shape index (κ2) is 10.5. The molecule has 0 fully saturated rings. The summed E-state index contributed by atoms with van der Waals surface area (Å²) in [4.78, 5) is 12.5. The summed E-state index contributed by atoms with van der Waals surface area (Å²) in [7, 11) is 0. The number of amides is 1. The molecular weight excluding hydrogens is 420 g/mol. The molecule has 5 nitrogen and oxygen atoms in total. The molecule has 0 aliphatic carbocycles. The van der Waals surface area contributed by atoms with Gasteiger partial charge < -0.3 is 14.8 Å². The fourth-order valence-electron chi connectivity index (χ4n) is 2.39. The van der Waals surface area contributed by atoms with Gasteiger partial charge in [0.25, 0.3) is 5.91 Å². The quantitative estimate of drug-likeness (QED) is 0.433. The molecule has 0 aliphatic rings. The van der Waals surface area contributed by atoms with Gasteiger partial charge in [-0.15, -0.1) is 0 Å². The maximum atomic E-state index is 12.5. The molecule has 0 saturated carbocycles. The lowest BCUT2D eigenvalue weighted by Gasteiger charge is -2.13. The molecule has 28 heavy (non-hydrogen) atoms. The summed E-state index contributed by atoms with van der Waals surface area (Å²) < 4.78 is 12.1. The zero-order valence-corrected chi connectivity index (χ0v) is 17.8. The number of nitrogens with one attached hydrogen (secondary N) is 1. The van der Waals surface area contributed by atoms with E-state index in [0.29, 0.717) is 40.4 Å². The SMILES string of the molecule is CCCOc1cc(Br)c(C=C(C#N)C(=O)Nc2ccc(C)cc2)cc1OCC. The molecule has 0 saturated heterocycles. The van der Waals surface area contributed by atoms with Crippen LogP contribution in [0.3, 0.4) is 0 Å². The van der Waals surface area contributed by atoms with E-state index in [0.717, 1.165) is 12.0 Å². The first-order valence-corrected chi connectivity index (χ1v) is 9.86. The van der Waals surface area contributed by atoms with E-state index in [-0.39, 0.29) is 5.57 Å². The number of carbonyl (C=O) groups is 1. The third-order valence-electron chi connectivity index (χ3n) is 3.80. The number of anilines is 1. The Labute approximate surface area is 174 Å². The predicted molar refractivity (Wildman–Crippen MR) is 114 cm³/mol. The van der Waals surface area contributed by atoms with Crippen molar-refractivity contribution < 1.29 is 14.3 Å². The maximum Gasteiger partial charge on any atom is 0.266 e. The third kappa shape index (κ3) is 5.86. The predicted octanol–water partition coefficient (Wildman–Crippen LogP) is 5.49. The van der Waals surface area contributed by atoms with Crippen molar-refractivity contribution in [3.63, 3.8) is 0 Å². The molecule has 146 valence electrons. The zero-order valence-electron chi connectivity index (χ0n) is 16.2. The lowest BCUT2D eigenvalue weighted by molar-refractivity contribution is -0.112. The highest BCUT2D eigenvalue weighted by molar-refractivity contribution is 9.10. The number of halogens is 1. The molecule has 0 spiro atoms. The first kappa shape index (κ1) is 21.5. The summed E-state index contributed by atoms with van der Waals surface area (Å²) in [6.07, 6.45) is 2.41. The van der Waals surface area contributed by atoms with Gasteiger partial charge in [0, 0.05) is 10.2 Å². The lowest BCUT2D eigenvalue weighted by Crippen LogP contribution is -2.13. The minimum Gasteiger partial charge on any atom is -0.490 e. The van der Waals surface area contributed by atoms with Gasteiger partial charge >= 0.3 is 0 Å². The van der Waals surface area contributed by atoms with E-state index in [1.165, 1.54) is 6.08 Å². The van der Waals surface area contributed by atoms with E-state index in [2.05, 4.69) is 21.2 Å². The second-order valence-electron chi connectivity index (χ2n) is 6.09. The number of carbonyl (C=O) groups excluding carboxylic acids is 1. The van der Waals surface area contributed by atoms with E-state index < -0.39 is 5.91 Å². The molecule has 0 heterocycles. The molecular formula is C22H23BrN2O3. The van der Waals surface area contributed by atoms with Gasteiger partial charge in [-0.05, 0) is 56.2 Å². The topological polar surface area (TPSA) is 71.3 Å². The Bertz CT molecular complexity index is 899. The summed E-state index contributed by atoms with van der Waals surface area (Å²) in [6, 6.07) is 12.9. The highest BCUT2D eigenvalue weighted by atomic mass is 79.9. The van der Waals surface area contributed by atoms with Crippen LogP contribution in [-0.4, -0.2) is 19.1 Å². The van der Waals surface area contributed by atoms with Gasteiger partial charge in [-0.3, -0.25) is 4.79 Å². The van der Waals surface area contributed by atoms with E-state index in [1.54, 1.807) is 24.3 Å². The summed E-state index contributed by atoms with van der Waals surface area (Å²) in [5.74, 6) is 0.722. The van der Waals surface area contributed by atoms with Crippen LogP contribution in [0.5, 0.6) is 11.5 Å². The number of ether oxygens (including phenoxy) is 2. The molecule has 0 radical (unpaired) electrons. The van der Waals surface area contributed by atoms with Crippen LogP contribution in [0, 0.1) is 18.3 Å². The summed E-state index contributed by atoms with van der Waals surface area (Å²) in [5.41, 5.74) is 2.37. The van der Waals surface area contributed by atoms with Crippen molar-refractivity contribution in [2.24, 2.45) is 0 Å². The van der Waals surface area contributed by atoms with Crippen LogP contribution in [0.2, 0.25) is 0 Å². The van der Waals surface area contributed by atoms with Gasteiger partial charge in [0.2, 0.25) is 0 Å². The highest BCUT2D eigenvalue weighted by Crippen LogP contribution is 2.35. The standard InChI is InChI=1S/C22H23BrN2O3/c1-4-10-28-21-13-19(23)16(12-20(21)27-5-2)11-17(14-24)22(26)25-18-8-6-15(3)7-9-18/h6-9,11-13H,4-5,10H2,1-3H3,(H,25,26). The maximum absolute atomic E-state index is 12.5. The average Bonchev–Trinajstić information content (AvgIpc) is 2.68. The number of hydrogen-bond acceptors (Lipinski definition) is 4. The van der Waals surface area contributed by atoms with Crippen molar-refractivity contribution in [3.05, 3.63) is 57.6 Å². The number of nitrogens with zero attached hydrogens (tertiary/aromatic N) is 1. The molecule has 0 unspecified atom stereocenters. The fraction of sp³-hybridized carbons (Fsp3) is 0.273. The fourth-order valence-corrected chi connectivity index (χ4v) is 2.83. The molecule has 2 aromatic carbocycles. The molecule has 0 aliphatic heterocycles. The molecule has 1 N–H and O–H groups in total. The smallest absolute Gasteiger partial charge is 0.266 e. The van der Waals surface area contributed by atoms with Crippen molar-refractivity contribution in [3.8, 4) is 17.6 Å². The van der Waals surface area contributed by atoms with Gasteiger partial charge in [0.05, 0.1) is 13.2 Å². The minimum atomic E-state index is -0.470. The Morgan fingerprint density at radius 1 is 1.18 bits per heavy atom. The van der Waals surface area contributed by atoms with Crippen LogP contribution in [0.4, 0.5) is 5.69 Å². The molecule has 2 aromatic rings. The van der Waals surface area contributed by atoms with Gasteiger partial charge in [0.15, 0.2) is 11.5 Å². The van der Waals surface area contributed by atoms with Gasteiger partial charge in [-0.1, -0.05) is 40.5 Å². The van der Waals surface area contributed by atoms with E-state index in [1.807, 2.05) is 39.0 Å². The third-order valence-corrected chi connectivity index (χ3v) is 4.49. The highest BCUT2D eigenvalue weighted by Gasteiger charge is 2.14. The average molecular weight is 443 g/mol. The van der Waals surface area contributed by atoms with Crippen LogP contribution in [0.1, 0.15) is 31.4 Å². The van der Waals surface area contributed by atoms with Crippen molar-refractivity contribution in [2.45, 2.75) is 27.2 Å². The molecule has 6 heteroatoms. The van der Waals surface area contributed by atoms with Crippen molar-refractivity contribution in [1.82, 2.24) is 0 Å². The van der Waals surface area contributed by atoms with Crippen molar-refractivity contribution >= 4 is 33.6 Å². The molecule has 0 atom stereocenters. The number of nitriles is 1. The molecule has 0 bridgehead atoms. The molecule has 2 rings (SSSR count). The first-order chi connectivity index (χ1) is 13.5. The molecule has 0 aromatic heterocycles. The largest absolute Gasteiger partial charge is 0.490 e. The van der Waals surface area contributed by atoms with Crippen LogP contribution >= 0.6 is 15.9 Å². The first-order valence-electron chi connectivity index (χ1n) is 9.07. The number of hydrogen-bond donors (Lipinski definition) is 1. The van der Waals surface area contributed by atoms with Gasteiger partial charge in [-0.25, -0.2) is 0 Å². The zero-order chi connectivity index (χ0) is 20.5. The lowest BCUT2D eigenvalue weighted by atomic mass is 10.1. The Balaban J connectivity index is 2.31. The van der Waals surface area contributed by atoms with Gasteiger partial charge in [0.1, 0.15) is 11.6 Å². The number of benzene rings is 2. The summed E-state index contributed by atoms with van der Waals surface area (Å²) >= 11 is 3.48.